The highest BCUT2D eigenvalue weighted by molar-refractivity contribution is 7.13. The number of rotatable bonds is 4. The average Bonchev–Trinajstić information content (AvgIpc) is 3.11. The Hall–Kier alpha value is -3.32. The number of hydrogen-bond donors (Lipinski definition) is 4. The predicted octanol–water partition coefficient (Wildman–Crippen LogP) is 4.46. The average molecular weight is 354 g/mol. The van der Waals surface area contributed by atoms with Gasteiger partial charge in [0.15, 0.2) is 0 Å². The summed E-state index contributed by atoms with van der Waals surface area (Å²) in [6.07, 6.45) is -1.17. The van der Waals surface area contributed by atoms with Gasteiger partial charge in [0.25, 0.3) is 5.91 Å². The number of carbonyl (C=O) groups excluding carboxylic acids is 1. The summed E-state index contributed by atoms with van der Waals surface area (Å²) in [5, 5.41) is 25.5. The Morgan fingerprint density at radius 2 is 1.72 bits per heavy atom. The van der Waals surface area contributed by atoms with E-state index in [1.165, 1.54) is 30.3 Å². The number of amides is 2. The molecule has 2 amide bonds. The third-order valence-corrected chi connectivity index (χ3v) is 4.37. The molecule has 7 heteroatoms. The van der Waals surface area contributed by atoms with Crippen LogP contribution < -0.4 is 10.6 Å². The second kappa shape index (κ2) is 7.06. The summed E-state index contributed by atoms with van der Waals surface area (Å²) in [6, 6.07) is 14.9. The van der Waals surface area contributed by atoms with E-state index < -0.39 is 12.0 Å². The van der Waals surface area contributed by atoms with Crippen molar-refractivity contribution in [1.82, 2.24) is 0 Å². The fraction of sp³-hybridized carbons (Fsp3) is 0. The lowest BCUT2D eigenvalue weighted by molar-refractivity contribution is 0.102. The van der Waals surface area contributed by atoms with Crippen LogP contribution in [0.1, 0.15) is 10.4 Å². The van der Waals surface area contributed by atoms with Gasteiger partial charge >= 0.3 is 6.09 Å². The Labute approximate surface area is 147 Å². The van der Waals surface area contributed by atoms with Gasteiger partial charge in [-0.1, -0.05) is 6.07 Å². The first kappa shape index (κ1) is 16.5. The highest BCUT2D eigenvalue weighted by atomic mass is 32.1. The first-order valence-corrected chi connectivity index (χ1v) is 8.19. The third-order valence-electron chi connectivity index (χ3n) is 3.45. The number of anilines is 2. The van der Waals surface area contributed by atoms with E-state index in [-0.39, 0.29) is 5.75 Å². The Kier molecular flexibility index (Phi) is 4.67. The quantitative estimate of drug-likeness (QED) is 0.520. The zero-order chi connectivity index (χ0) is 17.8. The largest absolute Gasteiger partial charge is 0.506 e. The maximum Gasteiger partial charge on any atom is 0.409 e. The minimum absolute atomic E-state index is 0.0298. The molecule has 0 aliphatic carbocycles. The topological polar surface area (TPSA) is 98.7 Å². The highest BCUT2D eigenvalue weighted by Gasteiger charge is 2.11. The van der Waals surface area contributed by atoms with E-state index in [1.807, 2.05) is 17.5 Å². The molecule has 0 saturated carbocycles. The molecule has 0 fully saturated rings. The lowest BCUT2D eigenvalue weighted by atomic mass is 10.1. The molecule has 0 radical (unpaired) electrons. The molecule has 3 rings (SSSR count). The Balaban J connectivity index is 1.78. The third kappa shape index (κ3) is 3.96. The van der Waals surface area contributed by atoms with Crippen LogP contribution >= 0.6 is 11.3 Å². The standard InChI is InChI=1S/C18H14N2O4S/c21-15-8-5-12(16-2-1-9-25-16)10-14(15)20-17(22)11-3-6-13(7-4-11)19-18(23)24/h1-10,19,21H,(H,20,22)(H,23,24). The number of carbonyl (C=O) groups is 2. The summed E-state index contributed by atoms with van der Waals surface area (Å²) in [6.45, 7) is 0. The second-order valence-corrected chi connectivity index (χ2v) is 6.12. The second-order valence-electron chi connectivity index (χ2n) is 5.17. The maximum atomic E-state index is 12.3. The Bertz CT molecular complexity index is 905. The van der Waals surface area contributed by atoms with E-state index in [4.69, 9.17) is 5.11 Å². The number of carboxylic acid groups (broad SMARTS) is 1. The normalized spacial score (nSPS) is 10.2. The lowest BCUT2D eigenvalue weighted by Crippen LogP contribution is -2.12. The fourth-order valence-electron chi connectivity index (χ4n) is 2.26. The van der Waals surface area contributed by atoms with Crippen molar-refractivity contribution in [2.75, 3.05) is 10.6 Å². The van der Waals surface area contributed by atoms with Gasteiger partial charge in [0.1, 0.15) is 5.75 Å². The van der Waals surface area contributed by atoms with Crippen LogP contribution in [0.2, 0.25) is 0 Å². The Morgan fingerprint density at radius 3 is 2.36 bits per heavy atom. The molecule has 4 N–H and O–H groups in total. The molecule has 0 aliphatic rings. The molecule has 0 spiro atoms. The van der Waals surface area contributed by atoms with E-state index >= 15 is 0 Å². The van der Waals surface area contributed by atoms with E-state index in [0.717, 1.165) is 10.4 Å². The van der Waals surface area contributed by atoms with Crippen molar-refractivity contribution in [3.63, 3.8) is 0 Å². The summed E-state index contributed by atoms with van der Waals surface area (Å²) < 4.78 is 0. The number of phenols is 1. The van der Waals surface area contributed by atoms with Crippen molar-refractivity contribution in [3.8, 4) is 16.2 Å². The number of nitrogens with one attached hydrogen (secondary N) is 2. The number of aromatic hydroxyl groups is 1. The van der Waals surface area contributed by atoms with Gasteiger partial charge in [0, 0.05) is 16.1 Å². The van der Waals surface area contributed by atoms with Crippen LogP contribution in [0.15, 0.2) is 60.0 Å². The van der Waals surface area contributed by atoms with Crippen molar-refractivity contribution in [1.29, 1.82) is 0 Å². The van der Waals surface area contributed by atoms with Crippen LogP contribution in [0.5, 0.6) is 5.75 Å². The molecule has 6 nitrogen and oxygen atoms in total. The van der Waals surface area contributed by atoms with E-state index in [2.05, 4.69) is 10.6 Å². The van der Waals surface area contributed by atoms with Crippen LogP contribution in [0.3, 0.4) is 0 Å². The van der Waals surface area contributed by atoms with Gasteiger partial charge in [-0.3, -0.25) is 10.1 Å². The minimum Gasteiger partial charge on any atom is -0.506 e. The molecule has 126 valence electrons. The van der Waals surface area contributed by atoms with E-state index in [9.17, 15) is 14.7 Å². The monoisotopic (exact) mass is 354 g/mol. The summed E-state index contributed by atoms with van der Waals surface area (Å²) >= 11 is 1.56. The van der Waals surface area contributed by atoms with Gasteiger partial charge < -0.3 is 15.5 Å². The fourth-order valence-corrected chi connectivity index (χ4v) is 2.98. The lowest BCUT2D eigenvalue weighted by Gasteiger charge is -2.09. The molecule has 3 aromatic rings. The van der Waals surface area contributed by atoms with Crippen molar-refractivity contribution in [3.05, 3.63) is 65.5 Å². The Morgan fingerprint density at radius 1 is 0.960 bits per heavy atom. The first-order chi connectivity index (χ1) is 12.0. The smallest absolute Gasteiger partial charge is 0.409 e. The SMILES string of the molecule is O=C(O)Nc1ccc(C(=O)Nc2cc(-c3cccs3)ccc2O)cc1. The number of thiophene rings is 1. The van der Waals surface area contributed by atoms with Crippen molar-refractivity contribution in [2.45, 2.75) is 0 Å². The zero-order valence-corrected chi connectivity index (χ0v) is 13.7. The summed E-state index contributed by atoms with van der Waals surface area (Å²) in [5.41, 5.74) is 1.91. The van der Waals surface area contributed by atoms with E-state index in [1.54, 1.807) is 23.5 Å². The molecule has 1 aromatic heterocycles. The molecule has 0 bridgehead atoms. The molecule has 0 saturated heterocycles. The molecular formula is C18H14N2O4S. The number of hydrogen-bond acceptors (Lipinski definition) is 4. The van der Waals surface area contributed by atoms with Gasteiger partial charge in [0.2, 0.25) is 0 Å². The van der Waals surface area contributed by atoms with Crippen LogP contribution in [-0.2, 0) is 0 Å². The number of benzene rings is 2. The van der Waals surface area contributed by atoms with Gasteiger partial charge in [-0.2, -0.15) is 0 Å². The number of phenolic OH excluding ortho intramolecular Hbond substituents is 1. The summed E-state index contributed by atoms with van der Waals surface area (Å²) in [4.78, 5) is 23.9. The maximum absolute atomic E-state index is 12.3. The summed E-state index contributed by atoms with van der Waals surface area (Å²) in [5.74, 6) is -0.432. The van der Waals surface area contributed by atoms with Crippen LogP contribution in [0.25, 0.3) is 10.4 Å². The van der Waals surface area contributed by atoms with Crippen LogP contribution in [0.4, 0.5) is 16.2 Å². The van der Waals surface area contributed by atoms with Gasteiger partial charge in [-0.25, -0.2) is 4.79 Å². The van der Waals surface area contributed by atoms with Crippen LogP contribution in [-0.4, -0.2) is 22.2 Å². The summed E-state index contributed by atoms with van der Waals surface area (Å²) in [7, 11) is 0. The van der Waals surface area contributed by atoms with Crippen molar-refractivity contribution < 1.29 is 19.8 Å². The molecule has 2 aromatic carbocycles. The minimum atomic E-state index is -1.17. The van der Waals surface area contributed by atoms with Gasteiger partial charge in [-0.15, -0.1) is 11.3 Å². The molecular weight excluding hydrogens is 340 g/mol. The zero-order valence-electron chi connectivity index (χ0n) is 12.9. The molecule has 0 unspecified atom stereocenters. The molecule has 0 atom stereocenters. The van der Waals surface area contributed by atoms with Gasteiger partial charge in [0.05, 0.1) is 5.69 Å². The van der Waals surface area contributed by atoms with Gasteiger partial charge in [-0.05, 0) is 59.5 Å². The first-order valence-electron chi connectivity index (χ1n) is 7.31. The predicted molar refractivity (Wildman–Crippen MR) is 97.5 cm³/mol. The molecule has 25 heavy (non-hydrogen) atoms. The van der Waals surface area contributed by atoms with Crippen LogP contribution in [0, 0.1) is 0 Å². The van der Waals surface area contributed by atoms with Crippen molar-refractivity contribution in [2.24, 2.45) is 0 Å². The highest BCUT2D eigenvalue weighted by Crippen LogP contribution is 2.32. The molecule has 0 aliphatic heterocycles. The van der Waals surface area contributed by atoms with Crippen molar-refractivity contribution >= 4 is 34.7 Å². The van der Waals surface area contributed by atoms with E-state index in [0.29, 0.717) is 16.9 Å². The molecule has 1 heterocycles.